The van der Waals surface area contributed by atoms with Crippen molar-refractivity contribution in [2.75, 3.05) is 0 Å². The topological polar surface area (TPSA) is 52.9 Å². The van der Waals surface area contributed by atoms with E-state index in [2.05, 4.69) is 112 Å². The molecule has 0 spiro atoms. The highest BCUT2D eigenvalue weighted by Crippen LogP contribution is 2.37. The van der Waals surface area contributed by atoms with Crippen molar-refractivity contribution in [2.24, 2.45) is 0 Å². The monoisotopic (exact) mass is 618 g/mol. The van der Waals surface area contributed by atoms with Gasteiger partial charge in [0.1, 0.15) is 0 Å². The molecule has 0 fully saturated rings. The summed E-state index contributed by atoms with van der Waals surface area (Å²) in [6.07, 6.45) is 7.57. The Morgan fingerprint density at radius 2 is 1.35 bits per heavy atom. The summed E-state index contributed by atoms with van der Waals surface area (Å²) >= 11 is 0. The van der Waals surface area contributed by atoms with E-state index in [0.717, 1.165) is 72.5 Å². The molecule has 0 saturated carbocycles. The van der Waals surface area contributed by atoms with E-state index in [9.17, 15) is 0 Å². The third-order valence-corrected chi connectivity index (χ3v) is 9.18. The van der Waals surface area contributed by atoms with Gasteiger partial charge in [0.05, 0.1) is 39.5 Å². The van der Waals surface area contributed by atoms with Crippen LogP contribution in [0.4, 0.5) is 0 Å². The summed E-state index contributed by atoms with van der Waals surface area (Å²) in [7, 11) is 0. The minimum Gasteiger partial charge on any atom is -0.309 e. The lowest BCUT2D eigenvalue weighted by Crippen LogP contribution is -2.04. The zero-order chi connectivity index (χ0) is 32.4. The fourth-order valence-corrected chi connectivity index (χ4v) is 7.02. The molecule has 6 heteroatoms. The number of para-hydroxylation sites is 2. The number of rotatable bonds is 6. The highest BCUT2D eigenvalue weighted by molar-refractivity contribution is 6.11. The summed E-state index contributed by atoms with van der Waals surface area (Å²) in [6, 6.07) is 40.3. The van der Waals surface area contributed by atoms with Gasteiger partial charge in [0.2, 0.25) is 11.7 Å². The first-order valence-electron chi connectivity index (χ1n) is 15.9. The number of benzene rings is 5. The third-order valence-electron chi connectivity index (χ3n) is 9.18. The van der Waals surface area contributed by atoms with Crippen LogP contribution in [0.5, 0.6) is 0 Å². The van der Waals surface area contributed by atoms with E-state index in [1.807, 2.05) is 54.7 Å². The van der Waals surface area contributed by atoms with Crippen LogP contribution in [0.15, 0.2) is 153 Å². The van der Waals surface area contributed by atoms with E-state index in [0.29, 0.717) is 5.95 Å². The maximum absolute atomic E-state index is 5.22. The molecule has 228 valence electrons. The van der Waals surface area contributed by atoms with Gasteiger partial charge < -0.3 is 4.57 Å². The summed E-state index contributed by atoms with van der Waals surface area (Å²) < 4.78 is 6.52. The molecule has 48 heavy (non-hydrogen) atoms. The zero-order valence-corrected chi connectivity index (χ0v) is 26.4. The minimum absolute atomic E-state index is 0.583. The molecule has 0 amide bonds. The van der Waals surface area contributed by atoms with Crippen LogP contribution in [-0.4, -0.2) is 28.5 Å². The van der Waals surface area contributed by atoms with E-state index < -0.39 is 0 Å². The number of aromatic nitrogens is 6. The smallest absolute Gasteiger partial charge is 0.238 e. The Labute approximate surface area is 276 Å². The van der Waals surface area contributed by atoms with Crippen LogP contribution in [0.2, 0.25) is 0 Å². The molecule has 9 aromatic rings. The van der Waals surface area contributed by atoms with Gasteiger partial charge in [-0.15, -0.1) is 0 Å². The highest BCUT2D eigenvalue weighted by atomic mass is 15.3. The quantitative estimate of drug-likeness (QED) is 0.174. The minimum atomic E-state index is 0.583. The van der Waals surface area contributed by atoms with Crippen molar-refractivity contribution in [3.05, 3.63) is 159 Å². The molecule has 5 aromatic carbocycles. The first-order chi connectivity index (χ1) is 23.6. The second-order valence-corrected chi connectivity index (χ2v) is 11.9. The molecular formula is C42H30N6. The molecule has 9 rings (SSSR count). The van der Waals surface area contributed by atoms with Crippen molar-refractivity contribution in [1.82, 2.24) is 28.5 Å². The largest absolute Gasteiger partial charge is 0.309 e. The summed E-state index contributed by atoms with van der Waals surface area (Å²) in [6.45, 7) is 10.1. The summed E-state index contributed by atoms with van der Waals surface area (Å²) in [5, 5.41) is 3.37. The van der Waals surface area contributed by atoms with Gasteiger partial charge in [-0.25, -0.2) is 19.5 Å². The predicted molar refractivity (Wildman–Crippen MR) is 198 cm³/mol. The van der Waals surface area contributed by atoms with E-state index in [1.165, 1.54) is 10.8 Å². The van der Waals surface area contributed by atoms with Crippen LogP contribution in [0.1, 0.15) is 5.69 Å². The Morgan fingerprint density at radius 3 is 2.17 bits per heavy atom. The molecule has 0 unspecified atom stereocenters. The second-order valence-electron chi connectivity index (χ2n) is 11.9. The lowest BCUT2D eigenvalue weighted by molar-refractivity contribution is 0.981. The van der Waals surface area contributed by atoms with Crippen LogP contribution in [0.3, 0.4) is 0 Å². The lowest BCUT2D eigenvalue weighted by atomic mass is 10.0. The Bertz CT molecular complexity index is 2770. The van der Waals surface area contributed by atoms with Crippen molar-refractivity contribution >= 4 is 55.2 Å². The average molecular weight is 619 g/mol. The van der Waals surface area contributed by atoms with Gasteiger partial charge in [0, 0.05) is 33.1 Å². The van der Waals surface area contributed by atoms with Gasteiger partial charge in [0.25, 0.3) is 0 Å². The standard InChI is InChI=1S/C42H30N6/c1-4-13-31(5-2)47-36-19-12-10-16-32(36)34-24-29(20-22-37(34)47)30-21-23-38-39(25-30)48(42-43-26-27(3)46(38)42)41-44-35-18-11-9-17-33(35)40(45-41)28-14-7-6-8-15-28/h4-26H,1-2H2,3H3/b31-13+. The molecule has 0 N–H and O–H groups in total. The maximum Gasteiger partial charge on any atom is 0.238 e. The lowest BCUT2D eigenvalue weighted by Gasteiger charge is -2.11. The molecular weight excluding hydrogens is 589 g/mol. The van der Waals surface area contributed by atoms with Crippen molar-refractivity contribution in [2.45, 2.75) is 6.92 Å². The van der Waals surface area contributed by atoms with Crippen molar-refractivity contribution in [3.63, 3.8) is 0 Å². The van der Waals surface area contributed by atoms with Crippen molar-refractivity contribution in [3.8, 4) is 28.3 Å². The van der Waals surface area contributed by atoms with Crippen LogP contribution in [0.25, 0.3) is 83.5 Å². The zero-order valence-electron chi connectivity index (χ0n) is 26.4. The second kappa shape index (κ2) is 10.8. The number of imidazole rings is 2. The summed E-state index contributed by atoms with van der Waals surface area (Å²) in [5.41, 5.74) is 11.3. The molecule has 0 bridgehead atoms. The van der Waals surface area contributed by atoms with Gasteiger partial charge in [0.15, 0.2) is 0 Å². The molecule has 4 aromatic heterocycles. The highest BCUT2D eigenvalue weighted by Gasteiger charge is 2.20. The SMILES string of the molecule is C=C/C=C(\C=C)n1c2ccccc2c2cc(-c3ccc4c(c3)n(-c3nc(-c5ccccc5)c5ccccc5n3)c3ncc(C)n43)ccc21. The van der Waals surface area contributed by atoms with Gasteiger partial charge in [-0.2, -0.15) is 0 Å². The molecule has 0 radical (unpaired) electrons. The van der Waals surface area contributed by atoms with Gasteiger partial charge in [-0.3, -0.25) is 4.40 Å². The predicted octanol–water partition coefficient (Wildman–Crippen LogP) is 10.2. The Morgan fingerprint density at radius 1 is 0.646 bits per heavy atom. The van der Waals surface area contributed by atoms with Crippen LogP contribution in [-0.2, 0) is 0 Å². The third kappa shape index (κ3) is 4.09. The van der Waals surface area contributed by atoms with Crippen molar-refractivity contribution in [1.29, 1.82) is 0 Å². The normalized spacial score (nSPS) is 12.1. The summed E-state index contributed by atoms with van der Waals surface area (Å²) in [5.74, 6) is 1.36. The molecule has 6 nitrogen and oxygen atoms in total. The van der Waals surface area contributed by atoms with Crippen LogP contribution < -0.4 is 0 Å². The fraction of sp³-hybridized carbons (Fsp3) is 0.0238. The first-order valence-corrected chi connectivity index (χ1v) is 15.9. The summed E-state index contributed by atoms with van der Waals surface area (Å²) in [4.78, 5) is 15.2. The van der Waals surface area contributed by atoms with Gasteiger partial charge in [-0.05, 0) is 66.6 Å². The number of allylic oxidation sites excluding steroid dienone is 4. The number of aryl methyl sites for hydroxylation is 1. The Hall–Kier alpha value is -6.53. The number of hydrogen-bond acceptors (Lipinski definition) is 3. The fourth-order valence-electron chi connectivity index (χ4n) is 7.02. The Balaban J connectivity index is 1.29. The van der Waals surface area contributed by atoms with E-state index in [-0.39, 0.29) is 0 Å². The van der Waals surface area contributed by atoms with Crippen LogP contribution in [0, 0.1) is 6.92 Å². The van der Waals surface area contributed by atoms with Gasteiger partial charge >= 0.3 is 0 Å². The van der Waals surface area contributed by atoms with E-state index in [4.69, 9.17) is 15.0 Å². The van der Waals surface area contributed by atoms with E-state index >= 15 is 0 Å². The molecule has 0 atom stereocenters. The maximum atomic E-state index is 5.22. The van der Waals surface area contributed by atoms with Gasteiger partial charge in [-0.1, -0.05) is 98.1 Å². The first kappa shape index (κ1) is 27.8. The number of nitrogens with zero attached hydrogens (tertiary/aromatic N) is 6. The molecule has 4 heterocycles. The molecule has 0 saturated heterocycles. The number of hydrogen-bond donors (Lipinski definition) is 0. The molecule has 0 aliphatic heterocycles. The molecule has 0 aliphatic rings. The van der Waals surface area contributed by atoms with Crippen LogP contribution >= 0.6 is 0 Å². The Kier molecular flexibility index (Phi) is 6.23. The van der Waals surface area contributed by atoms with E-state index in [1.54, 1.807) is 6.08 Å². The number of fused-ring (bicyclic) bond motifs is 7. The molecule has 0 aliphatic carbocycles. The average Bonchev–Trinajstić information content (AvgIpc) is 3.79. The van der Waals surface area contributed by atoms with Crippen molar-refractivity contribution < 1.29 is 0 Å².